The Hall–Kier alpha value is -1.39. The third kappa shape index (κ3) is 4.29. The van der Waals surface area contributed by atoms with E-state index in [9.17, 15) is 4.39 Å². The molecule has 0 aliphatic carbocycles. The fraction of sp³-hybridized carbons (Fsp3) is 0.294. The van der Waals surface area contributed by atoms with E-state index in [0.717, 1.165) is 10.0 Å². The smallest absolute Gasteiger partial charge is 0.123 e. The van der Waals surface area contributed by atoms with E-state index in [2.05, 4.69) is 57.3 Å². The Labute approximate surface area is 134 Å². The monoisotopic (exact) mass is 350 g/mol. The average Bonchev–Trinajstić information content (AvgIpc) is 2.48. The summed E-state index contributed by atoms with van der Waals surface area (Å²) in [6.45, 7) is 2.73. The first-order valence-electron chi connectivity index (χ1n) is 6.92. The van der Waals surface area contributed by atoms with Crippen molar-refractivity contribution in [2.75, 3.05) is 19.0 Å². The van der Waals surface area contributed by atoms with Gasteiger partial charge in [-0.2, -0.15) is 0 Å². The summed E-state index contributed by atoms with van der Waals surface area (Å²) >= 11 is 3.45. The highest BCUT2D eigenvalue weighted by atomic mass is 79.9. The van der Waals surface area contributed by atoms with Crippen LogP contribution in [0.2, 0.25) is 0 Å². The second-order valence-corrected chi connectivity index (χ2v) is 6.18. The Morgan fingerprint density at radius 1 is 1.14 bits per heavy atom. The molecule has 112 valence electrons. The van der Waals surface area contributed by atoms with Gasteiger partial charge < -0.3 is 10.2 Å². The predicted octanol–water partition coefficient (Wildman–Crippen LogP) is 4.51. The highest BCUT2D eigenvalue weighted by Crippen LogP contribution is 2.21. The summed E-state index contributed by atoms with van der Waals surface area (Å²) in [4.78, 5) is 2.08. The Morgan fingerprint density at radius 3 is 2.43 bits per heavy atom. The first kappa shape index (κ1) is 16.0. The molecule has 0 aliphatic heterocycles. The molecule has 2 rings (SSSR count). The van der Waals surface area contributed by atoms with Crippen LogP contribution in [-0.4, -0.2) is 14.1 Å². The van der Waals surface area contributed by atoms with Gasteiger partial charge in [-0.15, -0.1) is 0 Å². The van der Waals surface area contributed by atoms with Crippen LogP contribution in [0.3, 0.4) is 0 Å². The molecule has 1 atom stereocenters. The lowest BCUT2D eigenvalue weighted by Crippen LogP contribution is -2.18. The van der Waals surface area contributed by atoms with E-state index in [1.807, 2.05) is 14.1 Å². The van der Waals surface area contributed by atoms with Crippen LogP contribution in [0.5, 0.6) is 0 Å². The zero-order chi connectivity index (χ0) is 15.4. The van der Waals surface area contributed by atoms with E-state index < -0.39 is 0 Å². The van der Waals surface area contributed by atoms with Gasteiger partial charge in [-0.05, 0) is 48.4 Å². The second-order valence-electron chi connectivity index (χ2n) is 5.32. The average molecular weight is 351 g/mol. The number of rotatable bonds is 5. The number of hydrogen-bond donors (Lipinski definition) is 1. The minimum Gasteiger partial charge on any atom is -0.378 e. The fourth-order valence-electron chi connectivity index (χ4n) is 2.12. The normalized spacial score (nSPS) is 12.2. The van der Waals surface area contributed by atoms with Crippen LogP contribution in [0.1, 0.15) is 24.1 Å². The van der Waals surface area contributed by atoms with Crippen LogP contribution in [0.25, 0.3) is 0 Å². The molecule has 2 aromatic carbocycles. The van der Waals surface area contributed by atoms with E-state index in [4.69, 9.17) is 0 Å². The van der Waals surface area contributed by atoms with Crippen molar-refractivity contribution < 1.29 is 4.39 Å². The number of halogens is 2. The Bertz CT molecular complexity index is 596. The van der Waals surface area contributed by atoms with E-state index in [-0.39, 0.29) is 11.9 Å². The van der Waals surface area contributed by atoms with E-state index in [1.54, 1.807) is 12.1 Å². The summed E-state index contributed by atoms with van der Waals surface area (Å²) < 4.78 is 14.2. The zero-order valence-electron chi connectivity index (χ0n) is 12.5. The molecule has 4 heteroatoms. The summed E-state index contributed by atoms with van der Waals surface area (Å²) in [6.07, 6.45) is 0. The molecule has 0 aromatic heterocycles. The third-order valence-electron chi connectivity index (χ3n) is 3.52. The maximum absolute atomic E-state index is 13.3. The van der Waals surface area contributed by atoms with Gasteiger partial charge in [0.2, 0.25) is 0 Å². The number of nitrogens with zero attached hydrogens (tertiary/aromatic N) is 1. The molecule has 0 fully saturated rings. The minimum atomic E-state index is -0.210. The highest BCUT2D eigenvalue weighted by Gasteiger charge is 2.07. The van der Waals surface area contributed by atoms with Gasteiger partial charge in [0, 0.05) is 36.8 Å². The SMILES string of the molecule is CC(NCc1cc(F)ccc1Br)c1ccc(N(C)C)cc1. The first-order chi connectivity index (χ1) is 9.97. The standard InChI is InChI=1S/C17H20BrFN2/c1-12(13-4-7-16(8-5-13)21(2)3)20-11-14-10-15(19)6-9-17(14)18/h4-10,12,20H,11H2,1-3H3. The Kier molecular flexibility index (Phi) is 5.37. The molecule has 0 amide bonds. The molecule has 2 nitrogen and oxygen atoms in total. The summed E-state index contributed by atoms with van der Waals surface area (Å²) in [5.74, 6) is -0.210. The lowest BCUT2D eigenvalue weighted by atomic mass is 10.1. The number of nitrogens with one attached hydrogen (secondary N) is 1. The zero-order valence-corrected chi connectivity index (χ0v) is 14.1. The van der Waals surface area contributed by atoms with Crippen LogP contribution in [0.15, 0.2) is 46.9 Å². The third-order valence-corrected chi connectivity index (χ3v) is 4.29. The molecule has 0 bridgehead atoms. The van der Waals surface area contributed by atoms with Gasteiger partial charge in [0.15, 0.2) is 0 Å². The van der Waals surface area contributed by atoms with Crippen LogP contribution in [0.4, 0.5) is 10.1 Å². The van der Waals surface area contributed by atoms with Crippen LogP contribution in [-0.2, 0) is 6.54 Å². The maximum atomic E-state index is 13.3. The summed E-state index contributed by atoms with van der Waals surface area (Å²) in [5.41, 5.74) is 3.32. The van der Waals surface area contributed by atoms with Crippen LogP contribution in [0, 0.1) is 5.82 Å². The predicted molar refractivity (Wildman–Crippen MR) is 90.1 cm³/mol. The van der Waals surface area contributed by atoms with Gasteiger partial charge >= 0.3 is 0 Å². The number of anilines is 1. The Morgan fingerprint density at radius 2 is 1.81 bits per heavy atom. The van der Waals surface area contributed by atoms with Crippen molar-refractivity contribution in [1.29, 1.82) is 0 Å². The summed E-state index contributed by atoms with van der Waals surface area (Å²) in [7, 11) is 4.05. The van der Waals surface area contributed by atoms with Crippen molar-refractivity contribution in [3.63, 3.8) is 0 Å². The van der Waals surface area contributed by atoms with Gasteiger partial charge in [0.25, 0.3) is 0 Å². The van der Waals surface area contributed by atoms with Gasteiger partial charge in [-0.1, -0.05) is 28.1 Å². The number of benzene rings is 2. The number of hydrogen-bond acceptors (Lipinski definition) is 2. The van der Waals surface area contributed by atoms with Crippen molar-refractivity contribution in [3.05, 3.63) is 63.9 Å². The lowest BCUT2D eigenvalue weighted by molar-refractivity contribution is 0.568. The lowest BCUT2D eigenvalue weighted by Gasteiger charge is -2.17. The molecule has 0 saturated carbocycles. The van der Waals surface area contributed by atoms with Gasteiger partial charge in [0.05, 0.1) is 0 Å². The van der Waals surface area contributed by atoms with Crippen LogP contribution >= 0.6 is 15.9 Å². The van der Waals surface area contributed by atoms with Gasteiger partial charge in [0.1, 0.15) is 5.82 Å². The van der Waals surface area contributed by atoms with E-state index in [0.29, 0.717) is 6.54 Å². The Balaban J connectivity index is 2.01. The van der Waals surface area contributed by atoms with Crippen molar-refractivity contribution in [2.24, 2.45) is 0 Å². The van der Waals surface area contributed by atoms with Crippen molar-refractivity contribution >= 4 is 21.6 Å². The van der Waals surface area contributed by atoms with Gasteiger partial charge in [-0.25, -0.2) is 4.39 Å². The largest absolute Gasteiger partial charge is 0.378 e. The molecular formula is C17H20BrFN2. The molecular weight excluding hydrogens is 331 g/mol. The van der Waals surface area contributed by atoms with Gasteiger partial charge in [-0.3, -0.25) is 0 Å². The topological polar surface area (TPSA) is 15.3 Å². The van der Waals surface area contributed by atoms with Crippen molar-refractivity contribution in [2.45, 2.75) is 19.5 Å². The van der Waals surface area contributed by atoms with Crippen molar-refractivity contribution in [1.82, 2.24) is 5.32 Å². The molecule has 0 radical (unpaired) electrons. The summed E-state index contributed by atoms with van der Waals surface area (Å²) in [6, 6.07) is 13.4. The second kappa shape index (κ2) is 7.05. The molecule has 1 unspecified atom stereocenters. The van der Waals surface area contributed by atoms with E-state index >= 15 is 0 Å². The highest BCUT2D eigenvalue weighted by molar-refractivity contribution is 9.10. The first-order valence-corrected chi connectivity index (χ1v) is 7.71. The maximum Gasteiger partial charge on any atom is 0.123 e. The molecule has 0 spiro atoms. The molecule has 2 aromatic rings. The molecule has 21 heavy (non-hydrogen) atoms. The van der Waals surface area contributed by atoms with E-state index in [1.165, 1.54) is 17.3 Å². The quantitative estimate of drug-likeness (QED) is 0.853. The molecule has 1 N–H and O–H groups in total. The summed E-state index contributed by atoms with van der Waals surface area (Å²) in [5, 5.41) is 3.42. The fourth-order valence-corrected chi connectivity index (χ4v) is 2.51. The van der Waals surface area contributed by atoms with Crippen molar-refractivity contribution in [3.8, 4) is 0 Å². The minimum absolute atomic E-state index is 0.205. The molecule has 0 heterocycles. The van der Waals surface area contributed by atoms with Crippen LogP contribution < -0.4 is 10.2 Å². The molecule has 0 aliphatic rings. The molecule has 0 saturated heterocycles.